The normalized spacial score (nSPS) is 14.0. The van der Waals surface area contributed by atoms with Crippen molar-refractivity contribution in [1.82, 2.24) is 10.2 Å². The van der Waals surface area contributed by atoms with Crippen molar-refractivity contribution in [1.29, 1.82) is 0 Å². The van der Waals surface area contributed by atoms with Crippen molar-refractivity contribution in [3.8, 4) is 0 Å². The van der Waals surface area contributed by atoms with Crippen molar-refractivity contribution in [3.63, 3.8) is 0 Å². The van der Waals surface area contributed by atoms with E-state index in [9.17, 15) is 18.0 Å². The Hall–Kier alpha value is -2.44. The lowest BCUT2D eigenvalue weighted by atomic mass is 10.2. The highest BCUT2D eigenvalue weighted by Gasteiger charge is 2.25. The van der Waals surface area contributed by atoms with Crippen molar-refractivity contribution in [2.75, 3.05) is 5.32 Å². The Morgan fingerprint density at radius 1 is 1.05 bits per heavy atom. The third-order valence-electron chi connectivity index (χ3n) is 3.20. The molecular weight excluding hydrogens is 283 g/mol. The molecule has 2 aromatic rings. The van der Waals surface area contributed by atoms with Gasteiger partial charge in [0.25, 0.3) is 5.91 Å². The summed E-state index contributed by atoms with van der Waals surface area (Å²) < 4.78 is 39.3. The SMILES string of the molecule is O=C(Nc1ccc(F)c(F)c1F)c1ccc(C2CC2)nn1. The zero-order valence-electron chi connectivity index (χ0n) is 10.7. The number of rotatable bonds is 3. The van der Waals surface area contributed by atoms with Crippen LogP contribution in [0.5, 0.6) is 0 Å². The maximum absolute atomic E-state index is 13.5. The van der Waals surface area contributed by atoms with Crippen LogP contribution in [-0.2, 0) is 0 Å². The van der Waals surface area contributed by atoms with E-state index in [1.165, 1.54) is 6.07 Å². The lowest BCUT2D eigenvalue weighted by molar-refractivity contribution is 0.102. The summed E-state index contributed by atoms with van der Waals surface area (Å²) in [6.07, 6.45) is 2.11. The van der Waals surface area contributed by atoms with Gasteiger partial charge in [-0.3, -0.25) is 4.79 Å². The third-order valence-corrected chi connectivity index (χ3v) is 3.20. The molecule has 7 heteroatoms. The lowest BCUT2D eigenvalue weighted by Gasteiger charge is -2.06. The van der Waals surface area contributed by atoms with Crippen LogP contribution in [0.25, 0.3) is 0 Å². The van der Waals surface area contributed by atoms with Crippen LogP contribution < -0.4 is 5.32 Å². The average Bonchev–Trinajstić information content (AvgIpc) is 3.33. The van der Waals surface area contributed by atoms with E-state index in [1.54, 1.807) is 6.07 Å². The Bertz CT molecular complexity index is 699. The zero-order valence-corrected chi connectivity index (χ0v) is 10.7. The molecule has 1 aromatic carbocycles. The van der Waals surface area contributed by atoms with Gasteiger partial charge >= 0.3 is 0 Å². The first-order valence-electron chi connectivity index (χ1n) is 6.34. The van der Waals surface area contributed by atoms with E-state index < -0.39 is 29.0 Å². The van der Waals surface area contributed by atoms with Crippen molar-refractivity contribution in [3.05, 3.63) is 53.1 Å². The van der Waals surface area contributed by atoms with Gasteiger partial charge in [0.15, 0.2) is 23.1 Å². The second-order valence-corrected chi connectivity index (χ2v) is 4.79. The summed E-state index contributed by atoms with van der Waals surface area (Å²) in [7, 11) is 0. The van der Waals surface area contributed by atoms with E-state index in [0.717, 1.165) is 30.7 Å². The Labute approximate surface area is 118 Å². The van der Waals surface area contributed by atoms with Gasteiger partial charge in [0, 0.05) is 5.92 Å². The summed E-state index contributed by atoms with van der Waals surface area (Å²) >= 11 is 0. The predicted octanol–water partition coefficient (Wildman–Crippen LogP) is 3.02. The van der Waals surface area contributed by atoms with Gasteiger partial charge in [0.2, 0.25) is 0 Å². The molecule has 0 atom stereocenters. The molecule has 0 spiro atoms. The first-order chi connectivity index (χ1) is 10.1. The van der Waals surface area contributed by atoms with E-state index in [2.05, 4.69) is 15.5 Å². The molecule has 1 aromatic heterocycles. The van der Waals surface area contributed by atoms with E-state index in [4.69, 9.17) is 0 Å². The van der Waals surface area contributed by atoms with Gasteiger partial charge in [-0.1, -0.05) is 0 Å². The topological polar surface area (TPSA) is 54.9 Å². The number of aromatic nitrogens is 2. The number of anilines is 1. The molecule has 0 unspecified atom stereocenters. The average molecular weight is 293 g/mol. The van der Waals surface area contributed by atoms with Crippen molar-refractivity contribution in [2.45, 2.75) is 18.8 Å². The minimum absolute atomic E-state index is 0.0245. The molecule has 1 amide bonds. The molecule has 0 bridgehead atoms. The number of amides is 1. The zero-order chi connectivity index (χ0) is 15.0. The van der Waals surface area contributed by atoms with Crippen molar-refractivity contribution < 1.29 is 18.0 Å². The molecule has 1 N–H and O–H groups in total. The molecule has 108 valence electrons. The Kier molecular flexibility index (Phi) is 3.32. The molecule has 1 saturated carbocycles. The number of halogens is 3. The van der Waals surface area contributed by atoms with Crippen LogP contribution in [0.2, 0.25) is 0 Å². The molecule has 0 radical (unpaired) electrons. The molecule has 3 rings (SSSR count). The summed E-state index contributed by atoms with van der Waals surface area (Å²) in [6, 6.07) is 4.82. The van der Waals surface area contributed by atoms with Crippen LogP contribution in [0.1, 0.15) is 34.9 Å². The molecule has 1 aliphatic carbocycles. The fourth-order valence-electron chi connectivity index (χ4n) is 1.87. The summed E-state index contributed by atoms with van der Waals surface area (Å²) in [5, 5.41) is 9.81. The lowest BCUT2D eigenvalue weighted by Crippen LogP contribution is -2.16. The second kappa shape index (κ2) is 5.16. The van der Waals surface area contributed by atoms with Crippen LogP contribution in [-0.4, -0.2) is 16.1 Å². The minimum Gasteiger partial charge on any atom is -0.318 e. The molecule has 1 heterocycles. The predicted molar refractivity (Wildman–Crippen MR) is 68.3 cm³/mol. The van der Waals surface area contributed by atoms with Gasteiger partial charge in [-0.15, -0.1) is 5.10 Å². The minimum atomic E-state index is -1.64. The van der Waals surface area contributed by atoms with Gasteiger partial charge in [-0.05, 0) is 37.1 Å². The number of benzene rings is 1. The number of carbonyl (C=O) groups is 1. The number of nitrogens with one attached hydrogen (secondary N) is 1. The second-order valence-electron chi connectivity index (χ2n) is 4.79. The van der Waals surface area contributed by atoms with Crippen LogP contribution >= 0.6 is 0 Å². The van der Waals surface area contributed by atoms with Crippen molar-refractivity contribution in [2.24, 2.45) is 0 Å². The number of hydrogen-bond donors (Lipinski definition) is 1. The molecule has 21 heavy (non-hydrogen) atoms. The summed E-state index contributed by atoms with van der Waals surface area (Å²) in [4.78, 5) is 11.9. The Morgan fingerprint density at radius 3 is 2.43 bits per heavy atom. The summed E-state index contributed by atoms with van der Waals surface area (Å²) in [5.41, 5.74) is 0.334. The molecule has 4 nitrogen and oxygen atoms in total. The van der Waals surface area contributed by atoms with Crippen LogP contribution in [0.15, 0.2) is 24.3 Å². The fraction of sp³-hybridized carbons (Fsp3) is 0.214. The monoisotopic (exact) mass is 293 g/mol. The molecule has 1 fully saturated rings. The molecule has 1 aliphatic rings. The van der Waals surface area contributed by atoms with Crippen LogP contribution in [0.4, 0.5) is 18.9 Å². The molecule has 0 saturated heterocycles. The Balaban J connectivity index is 1.78. The van der Waals surface area contributed by atoms with Crippen LogP contribution in [0, 0.1) is 17.5 Å². The number of nitrogens with zero attached hydrogens (tertiary/aromatic N) is 2. The smallest absolute Gasteiger partial charge is 0.276 e. The highest BCUT2D eigenvalue weighted by molar-refractivity contribution is 6.02. The Morgan fingerprint density at radius 2 is 1.81 bits per heavy atom. The van der Waals surface area contributed by atoms with E-state index >= 15 is 0 Å². The van der Waals surface area contributed by atoms with E-state index in [0.29, 0.717) is 5.92 Å². The standard InChI is InChI=1S/C14H10F3N3O/c15-8-3-4-10(13(17)12(8)16)18-14(21)11-6-5-9(19-20-11)7-1-2-7/h3-7H,1-2H2,(H,18,21). The fourth-order valence-corrected chi connectivity index (χ4v) is 1.87. The highest BCUT2D eigenvalue weighted by atomic mass is 19.2. The maximum atomic E-state index is 13.5. The molecular formula is C14H10F3N3O. The quantitative estimate of drug-likeness (QED) is 0.885. The summed E-state index contributed by atoms with van der Waals surface area (Å²) in [6.45, 7) is 0. The number of carbonyl (C=O) groups excluding carboxylic acids is 1. The van der Waals surface area contributed by atoms with Crippen LogP contribution in [0.3, 0.4) is 0 Å². The van der Waals surface area contributed by atoms with E-state index in [1.807, 2.05) is 0 Å². The van der Waals surface area contributed by atoms with Gasteiger partial charge in [0.05, 0.1) is 11.4 Å². The van der Waals surface area contributed by atoms with Gasteiger partial charge < -0.3 is 5.32 Å². The maximum Gasteiger partial charge on any atom is 0.276 e. The highest BCUT2D eigenvalue weighted by Crippen LogP contribution is 2.38. The van der Waals surface area contributed by atoms with Crippen molar-refractivity contribution >= 4 is 11.6 Å². The first kappa shape index (κ1) is 13.5. The number of hydrogen-bond acceptors (Lipinski definition) is 3. The summed E-state index contributed by atoms with van der Waals surface area (Å²) in [5.74, 6) is -4.75. The first-order valence-corrected chi connectivity index (χ1v) is 6.34. The van der Waals surface area contributed by atoms with Gasteiger partial charge in [-0.2, -0.15) is 5.10 Å². The van der Waals surface area contributed by atoms with Gasteiger partial charge in [0.1, 0.15) is 0 Å². The molecule has 0 aliphatic heterocycles. The largest absolute Gasteiger partial charge is 0.318 e. The van der Waals surface area contributed by atoms with Gasteiger partial charge in [-0.25, -0.2) is 13.2 Å². The third kappa shape index (κ3) is 2.72. The van der Waals surface area contributed by atoms with E-state index in [-0.39, 0.29) is 5.69 Å².